The Morgan fingerprint density at radius 3 is 1.97 bits per heavy atom. The molecule has 0 aliphatic rings. The Kier molecular flexibility index (Phi) is 15.8. The van der Waals surface area contributed by atoms with E-state index in [4.69, 9.17) is 4.74 Å². The van der Waals surface area contributed by atoms with Gasteiger partial charge in [0, 0.05) is 0 Å². The van der Waals surface area contributed by atoms with Crippen LogP contribution in [0.2, 0.25) is 0 Å². The molecule has 1 heteroatoms. The highest BCUT2D eigenvalue weighted by molar-refractivity contribution is 5.43. The van der Waals surface area contributed by atoms with E-state index in [1.807, 2.05) is 57.2 Å². The molecule has 2 aromatic carbocycles. The second-order valence-corrected chi connectivity index (χ2v) is 6.84. The van der Waals surface area contributed by atoms with Crippen molar-refractivity contribution >= 4 is 0 Å². The van der Waals surface area contributed by atoms with E-state index in [1.54, 1.807) is 0 Å². The van der Waals surface area contributed by atoms with Gasteiger partial charge in [0.1, 0.15) is 12.4 Å². The van der Waals surface area contributed by atoms with Gasteiger partial charge in [-0.1, -0.05) is 78.9 Å². The summed E-state index contributed by atoms with van der Waals surface area (Å²) in [5.74, 6) is 6.28. The smallest absolute Gasteiger partial charge is 0.119 e. The number of allylic oxidation sites excluding steroid dienone is 7. The summed E-state index contributed by atoms with van der Waals surface area (Å²) in [4.78, 5) is 0. The molecule has 0 heterocycles. The second kappa shape index (κ2) is 17.6. The molecule has 0 amide bonds. The topological polar surface area (TPSA) is 9.23 Å². The Balaban J connectivity index is 0.000000507. The summed E-state index contributed by atoms with van der Waals surface area (Å²) in [5.41, 5.74) is 6.25. The first-order chi connectivity index (χ1) is 14.9. The van der Waals surface area contributed by atoms with Crippen LogP contribution in [0.4, 0.5) is 0 Å². The third kappa shape index (κ3) is 12.8. The van der Waals surface area contributed by atoms with Gasteiger partial charge in [-0.2, -0.15) is 0 Å². The molecule has 0 aliphatic carbocycles. The number of ether oxygens (including phenoxy) is 1. The van der Waals surface area contributed by atoms with Crippen molar-refractivity contribution in [2.45, 2.75) is 55.1 Å². The van der Waals surface area contributed by atoms with Gasteiger partial charge in [-0.05, 0) is 82.9 Å². The average molecular weight is 415 g/mol. The minimum Gasteiger partial charge on any atom is -0.489 e. The normalized spacial score (nSPS) is 11.0. The molecular formula is C30H38O. The molecular weight excluding hydrogens is 376 g/mol. The van der Waals surface area contributed by atoms with E-state index in [0.717, 1.165) is 5.75 Å². The predicted molar refractivity (Wildman–Crippen MR) is 138 cm³/mol. The highest BCUT2D eigenvalue weighted by Gasteiger charge is 1.96. The summed E-state index contributed by atoms with van der Waals surface area (Å²) in [6.45, 7) is 18.4. The minimum atomic E-state index is 0.629. The quantitative estimate of drug-likeness (QED) is 0.339. The van der Waals surface area contributed by atoms with E-state index in [2.05, 4.69) is 88.6 Å². The Bertz CT molecular complexity index is 892. The van der Waals surface area contributed by atoms with Crippen LogP contribution in [0, 0.1) is 18.8 Å². The fraction of sp³-hybridized carbons (Fsp3) is 0.267. The summed E-state index contributed by atoms with van der Waals surface area (Å²) in [7, 11) is 0. The third-order valence-corrected chi connectivity index (χ3v) is 4.51. The van der Waals surface area contributed by atoms with Crippen LogP contribution in [-0.4, -0.2) is 0 Å². The SMILES string of the molecule is C=C\C(C)=C(C)/C(/C=C\C)=C\C.CC#CC.Cc1ccc(OCc2ccccc2)cc1. The van der Waals surface area contributed by atoms with E-state index < -0.39 is 0 Å². The Labute approximate surface area is 190 Å². The Morgan fingerprint density at radius 2 is 1.52 bits per heavy atom. The van der Waals surface area contributed by atoms with Gasteiger partial charge in [-0.15, -0.1) is 11.8 Å². The Morgan fingerprint density at radius 1 is 0.935 bits per heavy atom. The molecule has 0 saturated carbocycles. The van der Waals surface area contributed by atoms with Crippen LogP contribution >= 0.6 is 0 Å². The van der Waals surface area contributed by atoms with E-state index in [-0.39, 0.29) is 0 Å². The first-order valence-corrected chi connectivity index (χ1v) is 10.6. The average Bonchev–Trinajstić information content (AvgIpc) is 2.82. The van der Waals surface area contributed by atoms with Crippen LogP contribution in [0.5, 0.6) is 5.75 Å². The molecule has 0 atom stereocenters. The number of rotatable bonds is 6. The molecule has 0 spiro atoms. The van der Waals surface area contributed by atoms with Gasteiger partial charge >= 0.3 is 0 Å². The lowest BCUT2D eigenvalue weighted by Crippen LogP contribution is -1.94. The van der Waals surface area contributed by atoms with Crippen molar-refractivity contribution in [2.24, 2.45) is 0 Å². The molecule has 0 N–H and O–H groups in total. The molecule has 0 radical (unpaired) electrons. The van der Waals surface area contributed by atoms with Crippen LogP contribution in [-0.2, 0) is 6.61 Å². The standard InChI is InChI=1S/C14H14O.C12H18.C4H6/c1-12-7-9-14(10-8-12)15-11-13-5-3-2-4-6-13;1-6-9-12(8-3)11(5)10(4)7-2;1-3-4-2/h2-10H,11H2,1H3;6-9H,2H2,1,3-5H3;1-2H3/b;9-6-,11-10-,12-8-;. The van der Waals surface area contributed by atoms with E-state index in [9.17, 15) is 0 Å². The lowest BCUT2D eigenvalue weighted by molar-refractivity contribution is 0.306. The van der Waals surface area contributed by atoms with Gasteiger partial charge in [0.2, 0.25) is 0 Å². The summed E-state index contributed by atoms with van der Waals surface area (Å²) >= 11 is 0. The monoisotopic (exact) mass is 414 g/mol. The molecule has 0 saturated heterocycles. The van der Waals surface area contributed by atoms with Crippen LogP contribution < -0.4 is 4.74 Å². The van der Waals surface area contributed by atoms with Crippen molar-refractivity contribution in [2.75, 3.05) is 0 Å². The summed E-state index contributed by atoms with van der Waals surface area (Å²) in [6, 6.07) is 18.3. The third-order valence-electron chi connectivity index (χ3n) is 4.51. The van der Waals surface area contributed by atoms with Crippen molar-refractivity contribution in [1.82, 2.24) is 0 Å². The number of benzene rings is 2. The summed E-state index contributed by atoms with van der Waals surface area (Å²) in [6.07, 6.45) is 8.17. The lowest BCUT2D eigenvalue weighted by Gasteiger charge is -2.06. The van der Waals surface area contributed by atoms with Crippen LogP contribution in [0.1, 0.15) is 52.7 Å². The maximum atomic E-state index is 5.65. The van der Waals surface area contributed by atoms with E-state index in [0.29, 0.717) is 6.61 Å². The molecule has 164 valence electrons. The van der Waals surface area contributed by atoms with Gasteiger partial charge in [0.05, 0.1) is 0 Å². The number of hydrogen-bond donors (Lipinski definition) is 0. The maximum Gasteiger partial charge on any atom is 0.119 e. The minimum absolute atomic E-state index is 0.629. The number of aryl methyl sites for hydroxylation is 1. The number of hydrogen-bond acceptors (Lipinski definition) is 1. The molecule has 31 heavy (non-hydrogen) atoms. The first-order valence-electron chi connectivity index (χ1n) is 10.6. The fourth-order valence-electron chi connectivity index (χ4n) is 2.37. The summed E-state index contributed by atoms with van der Waals surface area (Å²) in [5, 5.41) is 0. The molecule has 0 unspecified atom stereocenters. The van der Waals surface area contributed by atoms with Crippen molar-refractivity contribution in [3.8, 4) is 17.6 Å². The second-order valence-electron chi connectivity index (χ2n) is 6.84. The predicted octanol–water partition coefficient (Wildman–Crippen LogP) is 8.63. The van der Waals surface area contributed by atoms with Gasteiger partial charge in [-0.25, -0.2) is 0 Å². The zero-order valence-electron chi connectivity index (χ0n) is 20.3. The zero-order valence-corrected chi connectivity index (χ0v) is 20.3. The van der Waals surface area contributed by atoms with Crippen LogP contribution in [0.25, 0.3) is 0 Å². The van der Waals surface area contributed by atoms with Crippen molar-refractivity contribution in [1.29, 1.82) is 0 Å². The largest absolute Gasteiger partial charge is 0.489 e. The van der Waals surface area contributed by atoms with Crippen LogP contribution in [0.15, 0.2) is 102 Å². The Hall–Kier alpha value is -3.24. The molecule has 2 rings (SSSR count). The molecule has 0 aliphatic heterocycles. The van der Waals surface area contributed by atoms with Gasteiger partial charge in [0.15, 0.2) is 0 Å². The lowest BCUT2D eigenvalue weighted by atomic mass is 10.0. The van der Waals surface area contributed by atoms with Crippen molar-refractivity contribution in [3.05, 3.63) is 113 Å². The molecule has 2 aromatic rings. The molecule has 0 aromatic heterocycles. The maximum absolute atomic E-state index is 5.65. The van der Waals surface area contributed by atoms with E-state index in [1.165, 1.54) is 27.8 Å². The van der Waals surface area contributed by atoms with Crippen LogP contribution in [0.3, 0.4) is 0 Å². The molecule has 1 nitrogen and oxygen atoms in total. The fourth-order valence-corrected chi connectivity index (χ4v) is 2.37. The van der Waals surface area contributed by atoms with Gasteiger partial charge in [-0.3, -0.25) is 0 Å². The summed E-state index contributed by atoms with van der Waals surface area (Å²) < 4.78 is 5.65. The highest BCUT2D eigenvalue weighted by Crippen LogP contribution is 2.16. The highest BCUT2D eigenvalue weighted by atomic mass is 16.5. The molecule has 0 fully saturated rings. The van der Waals surface area contributed by atoms with Crippen molar-refractivity contribution in [3.63, 3.8) is 0 Å². The zero-order chi connectivity index (χ0) is 23.5. The van der Waals surface area contributed by atoms with Gasteiger partial charge in [0.25, 0.3) is 0 Å². The first kappa shape index (κ1) is 27.8. The van der Waals surface area contributed by atoms with E-state index >= 15 is 0 Å². The molecule has 0 bridgehead atoms. The van der Waals surface area contributed by atoms with Crippen molar-refractivity contribution < 1.29 is 4.74 Å². The van der Waals surface area contributed by atoms with Gasteiger partial charge < -0.3 is 4.74 Å².